The van der Waals surface area contributed by atoms with Gasteiger partial charge in [-0.3, -0.25) is 14.9 Å². The molecule has 0 aromatic heterocycles. The van der Waals surface area contributed by atoms with Crippen molar-refractivity contribution in [3.8, 4) is 0 Å². The highest BCUT2D eigenvalue weighted by molar-refractivity contribution is 5.87. The summed E-state index contributed by atoms with van der Waals surface area (Å²) in [4.78, 5) is 36.4. The minimum absolute atomic E-state index is 0.0390. The van der Waals surface area contributed by atoms with Gasteiger partial charge in [-0.1, -0.05) is 19.9 Å². The Kier molecular flexibility index (Phi) is 9.42. The molecule has 3 N–H and O–H groups in total. The van der Waals surface area contributed by atoms with E-state index in [0.29, 0.717) is 18.8 Å². The van der Waals surface area contributed by atoms with Gasteiger partial charge in [0.05, 0.1) is 19.1 Å². The largest absolute Gasteiger partial charge is 0.465 e. The highest BCUT2D eigenvalue weighted by Gasteiger charge is 2.42. The molecular formula is C21H34N2O8. The van der Waals surface area contributed by atoms with E-state index in [0.717, 1.165) is 12.8 Å². The molecule has 0 aromatic carbocycles. The molecule has 2 saturated heterocycles. The Morgan fingerprint density at radius 1 is 1.26 bits per heavy atom. The Hall–Kier alpha value is -2.01. The van der Waals surface area contributed by atoms with Gasteiger partial charge in [0.1, 0.15) is 37.2 Å². The summed E-state index contributed by atoms with van der Waals surface area (Å²) in [5.41, 5.74) is 5.11. The normalized spacial score (nSPS) is 24.5. The zero-order chi connectivity index (χ0) is 23.0. The van der Waals surface area contributed by atoms with Crippen molar-refractivity contribution in [1.29, 1.82) is 0 Å². The number of ether oxygens (including phenoxy) is 5. The molecule has 0 aromatic rings. The van der Waals surface area contributed by atoms with E-state index in [2.05, 4.69) is 11.9 Å². The number of rotatable bonds is 15. The maximum Gasteiger partial charge on any atom is 0.333 e. The summed E-state index contributed by atoms with van der Waals surface area (Å²) in [6.45, 7) is 9.89. The van der Waals surface area contributed by atoms with Gasteiger partial charge in [0.25, 0.3) is 0 Å². The number of nitrogens with two attached hydrogens (primary N) is 1. The molecule has 0 saturated carbocycles. The number of hydrogen-bond donors (Lipinski definition) is 2. The standard InChI is InChI=1S/C21H34N2O8/c1-5-6-7-27-19(25)14(8-21(4,22)20(26)30-11-15-10-28-15)9-23-17-16(31-17)12-29-18(24)13(2)3/h14-17,23H,2,5-12,22H2,1,3-4H3. The summed E-state index contributed by atoms with van der Waals surface area (Å²) >= 11 is 0. The van der Waals surface area contributed by atoms with Gasteiger partial charge in [-0.25, -0.2) is 4.79 Å². The highest BCUT2D eigenvalue weighted by atomic mass is 16.6. The molecular weight excluding hydrogens is 408 g/mol. The lowest BCUT2D eigenvalue weighted by Gasteiger charge is -2.27. The average Bonchev–Trinajstić information content (AvgIpc) is 3.63. The highest BCUT2D eigenvalue weighted by Crippen LogP contribution is 2.23. The second-order valence-corrected chi connectivity index (χ2v) is 8.28. The van der Waals surface area contributed by atoms with Gasteiger partial charge in [0, 0.05) is 12.1 Å². The SMILES string of the molecule is C=C(C)C(=O)OCC1OC1NCC(CC(C)(N)C(=O)OCC1CO1)C(=O)OCCCC. The van der Waals surface area contributed by atoms with E-state index in [4.69, 9.17) is 29.4 Å². The van der Waals surface area contributed by atoms with Crippen molar-refractivity contribution >= 4 is 17.9 Å². The maximum atomic E-state index is 12.6. The zero-order valence-electron chi connectivity index (χ0n) is 18.5. The number of hydrogen-bond acceptors (Lipinski definition) is 10. The first kappa shape index (κ1) is 25.3. The molecule has 0 spiro atoms. The molecule has 2 rings (SSSR count). The molecule has 176 valence electrons. The lowest BCUT2D eigenvalue weighted by molar-refractivity contribution is -0.154. The molecule has 31 heavy (non-hydrogen) atoms. The molecule has 2 aliphatic heterocycles. The fourth-order valence-corrected chi connectivity index (χ4v) is 2.76. The fourth-order valence-electron chi connectivity index (χ4n) is 2.76. The molecule has 10 nitrogen and oxygen atoms in total. The third-order valence-corrected chi connectivity index (χ3v) is 4.89. The Bertz CT molecular complexity index is 662. The Balaban J connectivity index is 1.84. The van der Waals surface area contributed by atoms with Crippen molar-refractivity contribution < 1.29 is 38.1 Å². The molecule has 0 aliphatic carbocycles. The third kappa shape index (κ3) is 8.94. The van der Waals surface area contributed by atoms with Crippen LogP contribution in [0, 0.1) is 5.92 Å². The van der Waals surface area contributed by atoms with Crippen LogP contribution in [0.4, 0.5) is 0 Å². The summed E-state index contributed by atoms with van der Waals surface area (Å²) in [6.07, 6.45) is 0.925. The van der Waals surface area contributed by atoms with E-state index in [9.17, 15) is 14.4 Å². The predicted molar refractivity (Wildman–Crippen MR) is 110 cm³/mol. The van der Waals surface area contributed by atoms with Gasteiger partial charge < -0.3 is 29.4 Å². The van der Waals surface area contributed by atoms with Crippen molar-refractivity contribution in [3.63, 3.8) is 0 Å². The monoisotopic (exact) mass is 442 g/mol. The van der Waals surface area contributed by atoms with Crippen molar-refractivity contribution in [2.24, 2.45) is 11.7 Å². The van der Waals surface area contributed by atoms with E-state index in [1.165, 1.54) is 6.92 Å². The van der Waals surface area contributed by atoms with Crippen LogP contribution >= 0.6 is 0 Å². The van der Waals surface area contributed by atoms with Gasteiger partial charge in [0.15, 0.2) is 0 Å². The van der Waals surface area contributed by atoms with Crippen molar-refractivity contribution in [2.75, 3.05) is 33.0 Å². The molecule has 5 unspecified atom stereocenters. The predicted octanol–water partition coefficient (Wildman–Crippen LogP) is 0.429. The van der Waals surface area contributed by atoms with E-state index in [-0.39, 0.29) is 44.6 Å². The van der Waals surface area contributed by atoms with Gasteiger partial charge >= 0.3 is 17.9 Å². The van der Waals surface area contributed by atoms with Gasteiger partial charge in [-0.15, -0.1) is 0 Å². The van der Waals surface area contributed by atoms with Crippen molar-refractivity contribution in [3.05, 3.63) is 12.2 Å². The molecule has 10 heteroatoms. The smallest absolute Gasteiger partial charge is 0.333 e. The topological polar surface area (TPSA) is 142 Å². The lowest BCUT2D eigenvalue weighted by atomic mass is 9.89. The van der Waals surface area contributed by atoms with Crippen LogP contribution in [-0.2, 0) is 38.1 Å². The second kappa shape index (κ2) is 11.6. The first-order chi connectivity index (χ1) is 14.6. The Labute approximate surface area is 182 Å². The van der Waals surface area contributed by atoms with Gasteiger partial charge in [-0.05, 0) is 26.7 Å². The van der Waals surface area contributed by atoms with E-state index < -0.39 is 29.4 Å². The third-order valence-electron chi connectivity index (χ3n) is 4.89. The number of unbranched alkanes of at least 4 members (excludes halogenated alkanes) is 1. The molecule has 0 amide bonds. The molecule has 2 aliphatic rings. The van der Waals surface area contributed by atoms with Crippen LogP contribution in [0.3, 0.4) is 0 Å². The maximum absolute atomic E-state index is 12.6. The van der Waals surface area contributed by atoms with Crippen LogP contribution in [0.1, 0.15) is 40.0 Å². The van der Waals surface area contributed by atoms with Crippen LogP contribution in [0.25, 0.3) is 0 Å². The van der Waals surface area contributed by atoms with E-state index in [1.54, 1.807) is 6.92 Å². The average molecular weight is 443 g/mol. The quantitative estimate of drug-likeness (QED) is 0.120. The number of epoxide rings is 2. The number of carbonyl (C=O) groups excluding carboxylic acids is 3. The Morgan fingerprint density at radius 2 is 1.97 bits per heavy atom. The van der Waals surface area contributed by atoms with Crippen LogP contribution < -0.4 is 11.1 Å². The van der Waals surface area contributed by atoms with Gasteiger partial charge in [-0.2, -0.15) is 0 Å². The molecule has 2 fully saturated rings. The molecule has 5 atom stereocenters. The number of esters is 3. The molecule has 2 heterocycles. The fraction of sp³-hybridized carbons (Fsp3) is 0.762. The van der Waals surface area contributed by atoms with Crippen LogP contribution in [0.15, 0.2) is 12.2 Å². The van der Waals surface area contributed by atoms with Gasteiger partial charge in [0.2, 0.25) is 0 Å². The summed E-state index contributed by atoms with van der Waals surface area (Å²) in [5.74, 6) is -2.21. The minimum Gasteiger partial charge on any atom is -0.465 e. The number of carbonyl (C=O) groups is 3. The Morgan fingerprint density at radius 3 is 2.58 bits per heavy atom. The van der Waals surface area contributed by atoms with Crippen molar-refractivity contribution in [1.82, 2.24) is 5.32 Å². The van der Waals surface area contributed by atoms with E-state index >= 15 is 0 Å². The molecule has 0 bridgehead atoms. The second-order valence-electron chi connectivity index (χ2n) is 8.28. The van der Waals surface area contributed by atoms with Crippen LogP contribution in [-0.4, -0.2) is 74.9 Å². The van der Waals surface area contributed by atoms with Crippen LogP contribution in [0.2, 0.25) is 0 Å². The van der Waals surface area contributed by atoms with Crippen LogP contribution in [0.5, 0.6) is 0 Å². The number of nitrogens with one attached hydrogen (secondary N) is 1. The molecule has 0 radical (unpaired) electrons. The first-order valence-electron chi connectivity index (χ1n) is 10.6. The first-order valence-corrected chi connectivity index (χ1v) is 10.6. The van der Waals surface area contributed by atoms with Crippen molar-refractivity contribution in [2.45, 2.75) is 64.0 Å². The minimum atomic E-state index is -1.37. The lowest BCUT2D eigenvalue weighted by Crippen LogP contribution is -2.50. The summed E-state index contributed by atoms with van der Waals surface area (Å²) in [7, 11) is 0. The van der Waals surface area contributed by atoms with E-state index in [1.807, 2.05) is 6.92 Å². The zero-order valence-corrected chi connectivity index (χ0v) is 18.5. The summed E-state index contributed by atoms with van der Waals surface area (Å²) in [6, 6.07) is 0. The summed E-state index contributed by atoms with van der Waals surface area (Å²) in [5, 5.41) is 3.09. The summed E-state index contributed by atoms with van der Waals surface area (Å²) < 4.78 is 26.0.